The van der Waals surface area contributed by atoms with Gasteiger partial charge >= 0.3 is 0 Å². The topological polar surface area (TPSA) is 79.2 Å². The summed E-state index contributed by atoms with van der Waals surface area (Å²) in [5.41, 5.74) is 1.91. The molecule has 1 atom stereocenters. The summed E-state index contributed by atoms with van der Waals surface area (Å²) in [4.78, 5) is 25.3. The molecule has 0 aliphatic carbocycles. The van der Waals surface area contributed by atoms with Crippen molar-refractivity contribution >= 4 is 17.5 Å². The first-order chi connectivity index (χ1) is 12.1. The average Bonchev–Trinajstić information content (AvgIpc) is 3.01. The van der Waals surface area contributed by atoms with E-state index in [4.69, 9.17) is 0 Å². The summed E-state index contributed by atoms with van der Waals surface area (Å²) >= 11 is 0. The second-order valence-corrected chi connectivity index (χ2v) is 6.24. The van der Waals surface area contributed by atoms with Crippen LogP contribution >= 0.6 is 0 Å². The third-order valence-electron chi connectivity index (χ3n) is 4.41. The van der Waals surface area contributed by atoms with Crippen molar-refractivity contribution in [2.45, 2.75) is 26.3 Å². The van der Waals surface area contributed by atoms with E-state index in [0.717, 1.165) is 36.8 Å². The molecule has 134 valence electrons. The van der Waals surface area contributed by atoms with Crippen LogP contribution in [0.15, 0.2) is 24.7 Å². The molecule has 1 saturated heterocycles. The smallest absolute Gasteiger partial charge is 0.244 e. The number of aromatic nitrogens is 4. The number of hydrogen-bond donors (Lipinski definition) is 1. The number of amides is 1. The molecule has 8 heteroatoms. The molecule has 3 heterocycles. The summed E-state index contributed by atoms with van der Waals surface area (Å²) < 4.78 is 1.77. The van der Waals surface area contributed by atoms with Gasteiger partial charge in [0, 0.05) is 51.8 Å². The Bertz CT molecular complexity index is 707. The third kappa shape index (κ3) is 3.89. The molecule has 1 unspecified atom stereocenters. The molecular formula is C17H25N7O. The SMILES string of the molecule is CCc1nn(C)cc1NC(C)C(=O)N1CCN(c2ncccn2)CC1. The Kier molecular flexibility index (Phi) is 5.16. The number of anilines is 2. The summed E-state index contributed by atoms with van der Waals surface area (Å²) in [6.45, 7) is 6.81. The number of piperazine rings is 1. The van der Waals surface area contributed by atoms with Gasteiger partial charge in [-0.2, -0.15) is 5.10 Å². The van der Waals surface area contributed by atoms with Crippen LogP contribution in [0, 0.1) is 0 Å². The zero-order valence-electron chi connectivity index (χ0n) is 15.0. The van der Waals surface area contributed by atoms with Crippen molar-refractivity contribution in [3.63, 3.8) is 0 Å². The maximum atomic E-state index is 12.7. The molecular weight excluding hydrogens is 318 g/mol. The van der Waals surface area contributed by atoms with Crippen molar-refractivity contribution in [2.24, 2.45) is 7.05 Å². The first-order valence-corrected chi connectivity index (χ1v) is 8.68. The molecule has 8 nitrogen and oxygen atoms in total. The fraction of sp³-hybridized carbons (Fsp3) is 0.529. The predicted molar refractivity (Wildman–Crippen MR) is 96.5 cm³/mol. The molecule has 0 radical (unpaired) electrons. The number of hydrogen-bond acceptors (Lipinski definition) is 6. The molecule has 1 aliphatic rings. The van der Waals surface area contributed by atoms with E-state index in [0.29, 0.717) is 13.1 Å². The van der Waals surface area contributed by atoms with Gasteiger partial charge in [-0.25, -0.2) is 9.97 Å². The lowest BCUT2D eigenvalue weighted by Gasteiger charge is -2.36. The van der Waals surface area contributed by atoms with Crippen LogP contribution in [-0.2, 0) is 18.3 Å². The van der Waals surface area contributed by atoms with Gasteiger partial charge in [0.15, 0.2) is 0 Å². The number of carbonyl (C=O) groups is 1. The minimum absolute atomic E-state index is 0.111. The van der Waals surface area contributed by atoms with Gasteiger partial charge in [0.05, 0.1) is 11.4 Å². The van der Waals surface area contributed by atoms with E-state index in [1.54, 1.807) is 23.1 Å². The summed E-state index contributed by atoms with van der Waals surface area (Å²) in [6.07, 6.45) is 6.24. The lowest BCUT2D eigenvalue weighted by molar-refractivity contribution is -0.131. The minimum Gasteiger partial charge on any atom is -0.371 e. The van der Waals surface area contributed by atoms with Crippen LogP contribution in [0.1, 0.15) is 19.5 Å². The van der Waals surface area contributed by atoms with Crippen molar-refractivity contribution in [3.8, 4) is 0 Å². The van der Waals surface area contributed by atoms with Crippen LogP contribution < -0.4 is 10.2 Å². The second-order valence-electron chi connectivity index (χ2n) is 6.24. The van der Waals surface area contributed by atoms with Gasteiger partial charge in [0.25, 0.3) is 0 Å². The average molecular weight is 343 g/mol. The molecule has 2 aromatic rings. The number of rotatable bonds is 5. The van der Waals surface area contributed by atoms with Crippen LogP contribution in [-0.4, -0.2) is 62.8 Å². The molecule has 0 aromatic carbocycles. The van der Waals surface area contributed by atoms with E-state index >= 15 is 0 Å². The maximum Gasteiger partial charge on any atom is 0.244 e. The van der Waals surface area contributed by atoms with E-state index in [1.807, 2.05) is 25.1 Å². The van der Waals surface area contributed by atoms with Crippen LogP contribution in [0.3, 0.4) is 0 Å². The Morgan fingerprint density at radius 3 is 2.56 bits per heavy atom. The van der Waals surface area contributed by atoms with E-state index in [1.165, 1.54) is 0 Å². The van der Waals surface area contributed by atoms with E-state index in [2.05, 4.69) is 32.2 Å². The molecule has 1 fully saturated rings. The van der Waals surface area contributed by atoms with Crippen molar-refractivity contribution < 1.29 is 4.79 Å². The zero-order valence-corrected chi connectivity index (χ0v) is 15.0. The first-order valence-electron chi connectivity index (χ1n) is 8.68. The van der Waals surface area contributed by atoms with Gasteiger partial charge in [-0.3, -0.25) is 9.48 Å². The molecule has 3 rings (SSSR count). The number of carbonyl (C=O) groups excluding carboxylic acids is 1. The van der Waals surface area contributed by atoms with Crippen molar-refractivity contribution in [1.82, 2.24) is 24.6 Å². The fourth-order valence-corrected chi connectivity index (χ4v) is 3.07. The third-order valence-corrected chi connectivity index (χ3v) is 4.41. The zero-order chi connectivity index (χ0) is 17.8. The molecule has 0 saturated carbocycles. The largest absolute Gasteiger partial charge is 0.371 e. The van der Waals surface area contributed by atoms with Gasteiger partial charge in [0.2, 0.25) is 11.9 Å². The predicted octanol–water partition coefficient (Wildman–Crippen LogP) is 0.922. The number of nitrogens with zero attached hydrogens (tertiary/aromatic N) is 6. The van der Waals surface area contributed by atoms with Crippen LogP contribution in [0.5, 0.6) is 0 Å². The molecule has 1 aliphatic heterocycles. The Balaban J connectivity index is 1.56. The molecule has 0 spiro atoms. The highest BCUT2D eigenvalue weighted by Crippen LogP contribution is 2.16. The Labute approximate surface area is 147 Å². The highest BCUT2D eigenvalue weighted by Gasteiger charge is 2.26. The van der Waals surface area contributed by atoms with Crippen LogP contribution in [0.2, 0.25) is 0 Å². The van der Waals surface area contributed by atoms with Gasteiger partial charge < -0.3 is 15.1 Å². The van der Waals surface area contributed by atoms with Crippen molar-refractivity contribution in [2.75, 3.05) is 36.4 Å². The van der Waals surface area contributed by atoms with Gasteiger partial charge in [0.1, 0.15) is 6.04 Å². The van der Waals surface area contributed by atoms with E-state index < -0.39 is 0 Å². The molecule has 1 amide bonds. The second kappa shape index (κ2) is 7.50. The van der Waals surface area contributed by atoms with Crippen LogP contribution in [0.4, 0.5) is 11.6 Å². The molecule has 0 bridgehead atoms. The lowest BCUT2D eigenvalue weighted by Crippen LogP contribution is -2.52. The highest BCUT2D eigenvalue weighted by molar-refractivity contribution is 5.84. The first kappa shape index (κ1) is 17.2. The van der Waals surface area contributed by atoms with Gasteiger partial charge in [-0.05, 0) is 19.4 Å². The maximum absolute atomic E-state index is 12.7. The van der Waals surface area contributed by atoms with E-state index in [-0.39, 0.29) is 11.9 Å². The molecule has 25 heavy (non-hydrogen) atoms. The quantitative estimate of drug-likeness (QED) is 0.870. The lowest BCUT2D eigenvalue weighted by atomic mass is 10.2. The number of aryl methyl sites for hydroxylation is 2. The normalized spacial score (nSPS) is 16.0. The number of nitrogens with one attached hydrogen (secondary N) is 1. The molecule has 1 N–H and O–H groups in total. The van der Waals surface area contributed by atoms with Crippen LogP contribution in [0.25, 0.3) is 0 Å². The molecule has 2 aromatic heterocycles. The van der Waals surface area contributed by atoms with Crippen molar-refractivity contribution in [3.05, 3.63) is 30.4 Å². The van der Waals surface area contributed by atoms with Gasteiger partial charge in [-0.15, -0.1) is 0 Å². The monoisotopic (exact) mass is 343 g/mol. The Hall–Kier alpha value is -2.64. The van der Waals surface area contributed by atoms with E-state index in [9.17, 15) is 4.79 Å². The minimum atomic E-state index is -0.283. The highest BCUT2D eigenvalue weighted by atomic mass is 16.2. The van der Waals surface area contributed by atoms with Gasteiger partial charge in [-0.1, -0.05) is 6.92 Å². The Morgan fingerprint density at radius 1 is 1.24 bits per heavy atom. The summed E-state index contributed by atoms with van der Waals surface area (Å²) in [7, 11) is 1.89. The van der Waals surface area contributed by atoms with Crippen molar-refractivity contribution in [1.29, 1.82) is 0 Å². The fourth-order valence-electron chi connectivity index (χ4n) is 3.07. The summed E-state index contributed by atoms with van der Waals surface area (Å²) in [5.74, 6) is 0.836. The summed E-state index contributed by atoms with van der Waals surface area (Å²) in [5, 5.41) is 7.72. The Morgan fingerprint density at radius 2 is 1.92 bits per heavy atom. The standard InChI is InChI=1S/C17H25N7O/c1-4-14-15(12-22(3)21-14)20-13(2)16(25)23-8-10-24(11-9-23)17-18-6-5-7-19-17/h5-7,12-13,20H,4,8-11H2,1-3H3. The summed E-state index contributed by atoms with van der Waals surface area (Å²) in [6, 6.07) is 1.52.